The van der Waals surface area contributed by atoms with Gasteiger partial charge in [0.25, 0.3) is 0 Å². The Morgan fingerprint density at radius 3 is 2.21 bits per heavy atom. The van der Waals surface area contributed by atoms with Crippen LogP contribution in [0.3, 0.4) is 0 Å². The van der Waals surface area contributed by atoms with Crippen molar-refractivity contribution in [2.75, 3.05) is 34.9 Å². The summed E-state index contributed by atoms with van der Waals surface area (Å²) in [5.74, 6) is -4.66. The number of pyridine rings is 1. The molecule has 16 nitrogen and oxygen atoms in total. The van der Waals surface area contributed by atoms with Crippen LogP contribution in [0.25, 0.3) is 10.9 Å². The van der Waals surface area contributed by atoms with E-state index in [0.717, 1.165) is 16.5 Å². The van der Waals surface area contributed by atoms with Crippen molar-refractivity contribution >= 4 is 28.6 Å². The van der Waals surface area contributed by atoms with E-state index in [1.54, 1.807) is 34.8 Å². The van der Waals surface area contributed by atoms with Gasteiger partial charge in [0.2, 0.25) is 0 Å². The number of cyclic esters (lactones) is 1. The molecule has 3 aliphatic heterocycles. The number of aryl methyl sites for hydroxylation is 1. The summed E-state index contributed by atoms with van der Waals surface area (Å²) in [6.45, 7) is 19.4. The van der Waals surface area contributed by atoms with Gasteiger partial charge in [0.05, 0.1) is 47.6 Å². The van der Waals surface area contributed by atoms with Crippen LogP contribution in [-0.2, 0) is 63.4 Å². The van der Waals surface area contributed by atoms with Crippen molar-refractivity contribution in [3.05, 3.63) is 42.1 Å². The largest absolute Gasteiger partial charge is 0.459 e. The summed E-state index contributed by atoms with van der Waals surface area (Å²) in [6.07, 6.45) is -5.06. The van der Waals surface area contributed by atoms with E-state index < -0.39 is 108 Å². The third kappa shape index (κ3) is 12.6. The molecule has 0 saturated carbocycles. The molecule has 0 radical (unpaired) electrons. The van der Waals surface area contributed by atoms with Gasteiger partial charge >= 0.3 is 11.9 Å². The van der Waals surface area contributed by atoms with Gasteiger partial charge in [0.15, 0.2) is 18.7 Å². The monoisotopic (exact) mass is 959 g/mol. The smallest absolute Gasteiger partial charge is 0.311 e. The molecule has 68 heavy (non-hydrogen) atoms. The van der Waals surface area contributed by atoms with Crippen LogP contribution in [-0.4, -0.2) is 157 Å². The summed E-state index contributed by atoms with van der Waals surface area (Å²) in [5, 5.41) is 25.5. The Labute approximate surface area is 404 Å². The second kappa shape index (κ2) is 23.4. The predicted molar refractivity (Wildman–Crippen MR) is 254 cm³/mol. The lowest BCUT2D eigenvalue weighted by atomic mass is 9.73. The van der Waals surface area contributed by atoms with E-state index >= 15 is 0 Å². The van der Waals surface area contributed by atoms with Crippen molar-refractivity contribution in [3.63, 3.8) is 0 Å². The molecule has 2 aromatic rings. The molecule has 0 aliphatic carbocycles. The Balaban J connectivity index is 1.56. The van der Waals surface area contributed by atoms with Crippen molar-refractivity contribution in [2.45, 2.75) is 199 Å². The van der Waals surface area contributed by atoms with E-state index in [0.29, 0.717) is 19.3 Å². The average Bonchev–Trinajstić information content (AvgIpc) is 3.29. The SMILES string of the molecule is CC[C@H]1OC(=O)[C@H](C)[C@@H](O[C@H]2C[C@@](C)(OC)[C@@H](OC(C)=O)[C@H](C)O2)[C@H](C)[C@@H](OC2O[C@H](C)C[C@H](N(C)C)[C@H]2O)[C@@](C)(OC)C[C@@H](C)C(=O)[C@H](C)[C@@H](OCCCc2cnc3ccccc3c2)[C@]1(C)O. The third-order valence-corrected chi connectivity index (χ3v) is 15.0. The molecule has 3 saturated heterocycles. The van der Waals surface area contributed by atoms with E-state index in [1.807, 2.05) is 91.0 Å². The van der Waals surface area contributed by atoms with E-state index in [2.05, 4.69) is 11.1 Å². The Hall–Kier alpha value is -3.16. The molecule has 1 aromatic carbocycles. The zero-order valence-corrected chi connectivity index (χ0v) is 43.3. The fraction of sp³-hybridized carbons (Fsp3) is 0.769. The fourth-order valence-corrected chi connectivity index (χ4v) is 11.0. The molecule has 18 atom stereocenters. The van der Waals surface area contributed by atoms with Crippen LogP contribution >= 0.6 is 0 Å². The third-order valence-electron chi connectivity index (χ3n) is 15.0. The first-order valence-corrected chi connectivity index (χ1v) is 24.6. The molecule has 2 N–H and O–H groups in total. The number of carbonyl (C=O) groups is 3. The van der Waals surface area contributed by atoms with Gasteiger partial charge < -0.3 is 57.7 Å². The van der Waals surface area contributed by atoms with Crippen molar-refractivity contribution in [1.29, 1.82) is 0 Å². The van der Waals surface area contributed by atoms with Crippen LogP contribution in [0.2, 0.25) is 0 Å². The Bertz CT molecular complexity index is 1980. The molecule has 0 amide bonds. The van der Waals surface area contributed by atoms with Gasteiger partial charge in [0.1, 0.15) is 29.2 Å². The first kappa shape index (κ1) is 55.8. The summed E-state index contributed by atoms with van der Waals surface area (Å²) in [6, 6.07) is 9.71. The van der Waals surface area contributed by atoms with Gasteiger partial charge in [-0.15, -0.1) is 0 Å². The normalized spacial score (nSPS) is 40.2. The lowest BCUT2D eigenvalue weighted by Gasteiger charge is -2.50. The second-order valence-corrected chi connectivity index (χ2v) is 20.7. The summed E-state index contributed by atoms with van der Waals surface area (Å²) >= 11 is 0. The number of fused-ring (bicyclic) bond motifs is 1. The summed E-state index contributed by atoms with van der Waals surface area (Å²) in [7, 11) is 6.86. The minimum absolute atomic E-state index is 0.114. The zero-order chi connectivity index (χ0) is 50.5. The standard InChI is InChI=1S/C52H82N2O14/c1-16-40-52(11,59)46(62-23-19-20-36-25-37-21-17-18-22-38(37)53-28-36)31(4)42(56)29(2)26-50(9,60-14)45(68-49-43(57)39(54(12)13)24-30(3)63-49)32(5)44(33(6)48(58)66-40)67-41-27-51(10,61-15)47(34(7)64-41)65-35(8)55/h17-18,21-22,25,28-34,39-41,43-47,49,57,59H,16,19-20,23-24,26-27H2,1-15H3/t29-,30-,31+,32+,33-,34+,39+,40-,41+,43-,44+,45-,46-,47+,49?,50+,51-,52-/m1/s1. The number of likely N-dealkylation sites (N-methyl/N-ethyl adjacent to an activating group) is 1. The second-order valence-electron chi connectivity index (χ2n) is 20.7. The first-order valence-electron chi connectivity index (χ1n) is 24.6. The fourth-order valence-electron chi connectivity index (χ4n) is 11.0. The maximum Gasteiger partial charge on any atom is 0.311 e. The van der Waals surface area contributed by atoms with Gasteiger partial charge in [0, 0.05) is 69.5 Å². The number of hydrogen-bond acceptors (Lipinski definition) is 16. The number of esters is 2. The predicted octanol–water partition coefficient (Wildman–Crippen LogP) is 6.22. The number of aliphatic hydroxyl groups is 2. The van der Waals surface area contributed by atoms with Crippen LogP contribution in [0.5, 0.6) is 0 Å². The number of Topliss-reactive ketones (excluding diaryl/α,β-unsaturated/α-hetero) is 1. The van der Waals surface area contributed by atoms with Crippen LogP contribution in [0.15, 0.2) is 36.5 Å². The number of nitrogens with zero attached hydrogens (tertiary/aromatic N) is 2. The van der Waals surface area contributed by atoms with Crippen LogP contribution < -0.4 is 0 Å². The van der Waals surface area contributed by atoms with Gasteiger partial charge in [-0.1, -0.05) is 45.9 Å². The number of ketones is 1. The zero-order valence-electron chi connectivity index (χ0n) is 43.3. The highest BCUT2D eigenvalue weighted by Crippen LogP contribution is 2.42. The highest BCUT2D eigenvalue weighted by atomic mass is 16.7. The summed E-state index contributed by atoms with van der Waals surface area (Å²) in [4.78, 5) is 48.5. The molecular formula is C52H82N2O14. The molecule has 5 rings (SSSR count). The number of ether oxygens (including phenoxy) is 9. The minimum Gasteiger partial charge on any atom is -0.459 e. The maximum absolute atomic E-state index is 14.9. The molecule has 3 fully saturated rings. The minimum atomic E-state index is -1.83. The Morgan fingerprint density at radius 2 is 1.57 bits per heavy atom. The number of carbonyl (C=O) groups excluding carboxylic acids is 3. The van der Waals surface area contributed by atoms with E-state index in [1.165, 1.54) is 14.0 Å². The van der Waals surface area contributed by atoms with E-state index in [-0.39, 0.29) is 43.8 Å². The van der Waals surface area contributed by atoms with Gasteiger partial charge in [-0.05, 0) is 105 Å². The highest BCUT2D eigenvalue weighted by Gasteiger charge is 2.55. The number of benzene rings is 1. The molecular weight excluding hydrogens is 877 g/mol. The van der Waals surface area contributed by atoms with Gasteiger partial charge in [-0.2, -0.15) is 0 Å². The summed E-state index contributed by atoms with van der Waals surface area (Å²) in [5.41, 5.74) is -2.21. The number of aromatic nitrogens is 1. The lowest BCUT2D eigenvalue weighted by molar-refractivity contribution is -0.320. The van der Waals surface area contributed by atoms with Crippen molar-refractivity contribution in [3.8, 4) is 0 Å². The molecule has 0 spiro atoms. The number of hydrogen-bond donors (Lipinski definition) is 2. The van der Waals surface area contributed by atoms with Gasteiger partial charge in [-0.25, -0.2) is 0 Å². The first-order chi connectivity index (χ1) is 31.9. The average molecular weight is 959 g/mol. The van der Waals surface area contributed by atoms with Crippen molar-refractivity contribution in [1.82, 2.24) is 9.88 Å². The number of aliphatic hydroxyl groups excluding tert-OH is 1. The maximum atomic E-state index is 14.9. The Morgan fingerprint density at radius 1 is 0.912 bits per heavy atom. The molecule has 1 unspecified atom stereocenters. The topological polar surface area (TPSA) is 191 Å². The lowest BCUT2D eigenvalue weighted by Crippen LogP contribution is -2.62. The van der Waals surface area contributed by atoms with Crippen molar-refractivity contribution < 1.29 is 67.2 Å². The van der Waals surface area contributed by atoms with Crippen LogP contribution in [0.1, 0.15) is 114 Å². The molecule has 384 valence electrons. The van der Waals surface area contributed by atoms with E-state index in [4.69, 9.17) is 42.6 Å². The molecule has 16 heteroatoms. The molecule has 4 heterocycles. The highest BCUT2D eigenvalue weighted by molar-refractivity contribution is 5.83. The van der Waals surface area contributed by atoms with Crippen LogP contribution in [0, 0.1) is 23.7 Å². The van der Waals surface area contributed by atoms with Crippen LogP contribution in [0.4, 0.5) is 0 Å². The quantitative estimate of drug-likeness (QED) is 0.160. The number of para-hydroxylation sites is 1. The Kier molecular flexibility index (Phi) is 19.2. The number of rotatable bonds is 14. The van der Waals surface area contributed by atoms with Gasteiger partial charge in [-0.3, -0.25) is 19.4 Å². The summed E-state index contributed by atoms with van der Waals surface area (Å²) < 4.78 is 57.8. The molecule has 3 aliphatic rings. The van der Waals surface area contributed by atoms with E-state index in [9.17, 15) is 24.6 Å². The van der Waals surface area contributed by atoms with Crippen molar-refractivity contribution in [2.24, 2.45) is 23.7 Å². The molecule has 1 aromatic heterocycles. The molecule has 0 bridgehead atoms. The number of methoxy groups -OCH3 is 2.